The molecular weight excluding hydrogens is 387 g/mol. The predicted octanol–water partition coefficient (Wildman–Crippen LogP) is 1.68. The van der Waals surface area contributed by atoms with E-state index in [0.29, 0.717) is 37.4 Å². The zero-order valence-corrected chi connectivity index (χ0v) is 16.0. The van der Waals surface area contributed by atoms with Gasteiger partial charge in [-0.3, -0.25) is 9.48 Å². The summed E-state index contributed by atoms with van der Waals surface area (Å²) in [4.78, 5) is 28.6. The number of hydrogen-bond donors (Lipinski definition) is 2. The number of nitrogens with zero attached hydrogens (tertiary/aromatic N) is 4. The molecule has 28 heavy (non-hydrogen) atoms. The van der Waals surface area contributed by atoms with Gasteiger partial charge in [0.1, 0.15) is 11.5 Å². The molecule has 0 radical (unpaired) electrons. The van der Waals surface area contributed by atoms with E-state index in [-0.39, 0.29) is 29.5 Å². The Morgan fingerprint density at radius 3 is 2.93 bits per heavy atom. The van der Waals surface area contributed by atoms with Crippen LogP contribution in [0.3, 0.4) is 0 Å². The molecule has 0 aliphatic carbocycles. The number of urea groups is 1. The van der Waals surface area contributed by atoms with Crippen LogP contribution in [-0.4, -0.2) is 57.7 Å². The molecule has 1 aromatic carbocycles. The van der Waals surface area contributed by atoms with Gasteiger partial charge >= 0.3 is 6.03 Å². The summed E-state index contributed by atoms with van der Waals surface area (Å²) >= 11 is 5.77. The van der Waals surface area contributed by atoms with E-state index in [9.17, 15) is 14.0 Å². The lowest BCUT2D eigenvalue weighted by atomic mass is 10.0. The van der Waals surface area contributed by atoms with E-state index >= 15 is 0 Å². The molecule has 8 nitrogen and oxygen atoms in total. The molecule has 2 aromatic rings. The maximum atomic E-state index is 13.3. The van der Waals surface area contributed by atoms with Crippen LogP contribution in [0.2, 0.25) is 5.02 Å². The fraction of sp³-hybridized carbons (Fsp3) is 0.389. The second kappa shape index (κ2) is 7.06. The number of aromatic nitrogens is 2. The summed E-state index contributed by atoms with van der Waals surface area (Å²) in [6, 6.07) is 3.45. The number of nitrogens with one attached hydrogen (secondary N) is 1. The van der Waals surface area contributed by atoms with Crippen molar-refractivity contribution < 1.29 is 14.0 Å². The van der Waals surface area contributed by atoms with Gasteiger partial charge in [0.05, 0.1) is 23.8 Å². The van der Waals surface area contributed by atoms with Gasteiger partial charge in [0, 0.05) is 43.9 Å². The third-order valence-electron chi connectivity index (χ3n) is 5.02. The molecule has 1 atom stereocenters. The van der Waals surface area contributed by atoms with Gasteiger partial charge in [-0.1, -0.05) is 11.6 Å². The Balaban J connectivity index is 1.57. The Hall–Kier alpha value is -2.65. The van der Waals surface area contributed by atoms with E-state index < -0.39 is 5.82 Å². The van der Waals surface area contributed by atoms with Crippen LogP contribution in [0.5, 0.6) is 0 Å². The van der Waals surface area contributed by atoms with Crippen molar-refractivity contribution in [3.63, 3.8) is 0 Å². The number of amides is 3. The van der Waals surface area contributed by atoms with Crippen LogP contribution in [0.15, 0.2) is 18.2 Å². The van der Waals surface area contributed by atoms with Crippen LogP contribution in [0, 0.1) is 5.82 Å². The lowest BCUT2D eigenvalue weighted by Crippen LogP contribution is -2.40. The summed E-state index contributed by atoms with van der Waals surface area (Å²) in [5, 5.41) is 7.21. The Kier molecular flexibility index (Phi) is 4.72. The molecule has 3 heterocycles. The lowest BCUT2D eigenvalue weighted by molar-refractivity contribution is 0.0789. The quantitative estimate of drug-likeness (QED) is 0.753. The zero-order valence-electron chi connectivity index (χ0n) is 15.3. The van der Waals surface area contributed by atoms with Gasteiger partial charge in [0.25, 0.3) is 5.91 Å². The van der Waals surface area contributed by atoms with Crippen molar-refractivity contribution in [1.82, 2.24) is 19.6 Å². The van der Waals surface area contributed by atoms with Crippen molar-refractivity contribution in [1.29, 1.82) is 0 Å². The average Bonchev–Trinajstić information content (AvgIpc) is 2.95. The summed E-state index contributed by atoms with van der Waals surface area (Å²) in [7, 11) is 1.71. The fourth-order valence-electron chi connectivity index (χ4n) is 3.64. The molecule has 2 aliphatic heterocycles. The first-order chi connectivity index (χ1) is 13.3. The van der Waals surface area contributed by atoms with E-state index in [0.717, 1.165) is 11.3 Å². The smallest absolute Gasteiger partial charge is 0.322 e. The standard InChI is InChI=1S/C18H20ClFN6O2/c1-24-7-10(21)8-26-16(17(24)27)12-9-25(5-4-15(12)23-26)18(28)22-11-2-3-14(20)13(19)6-11/h2-3,6,10H,4-5,7-9,21H2,1H3,(H,22,28). The number of benzene rings is 1. The molecule has 3 amide bonds. The van der Waals surface area contributed by atoms with E-state index in [2.05, 4.69) is 10.4 Å². The van der Waals surface area contributed by atoms with Crippen LogP contribution in [0.4, 0.5) is 14.9 Å². The Morgan fingerprint density at radius 2 is 2.18 bits per heavy atom. The maximum Gasteiger partial charge on any atom is 0.322 e. The van der Waals surface area contributed by atoms with E-state index in [1.54, 1.807) is 21.5 Å². The van der Waals surface area contributed by atoms with Crippen LogP contribution < -0.4 is 11.1 Å². The first-order valence-corrected chi connectivity index (χ1v) is 9.32. The number of nitrogens with two attached hydrogens (primary N) is 1. The van der Waals surface area contributed by atoms with Crippen molar-refractivity contribution in [2.75, 3.05) is 25.5 Å². The molecule has 0 fully saturated rings. The number of anilines is 1. The van der Waals surface area contributed by atoms with Crippen LogP contribution in [0.1, 0.15) is 21.7 Å². The molecule has 1 unspecified atom stereocenters. The Bertz CT molecular complexity index is 962. The Labute approximate surface area is 166 Å². The third kappa shape index (κ3) is 3.31. The fourth-order valence-corrected chi connectivity index (χ4v) is 3.82. The average molecular weight is 407 g/mol. The minimum absolute atomic E-state index is 0.0642. The molecule has 1 aromatic heterocycles. The summed E-state index contributed by atoms with van der Waals surface area (Å²) in [6.45, 7) is 1.63. The molecule has 2 aliphatic rings. The van der Waals surface area contributed by atoms with Crippen LogP contribution >= 0.6 is 11.6 Å². The number of likely N-dealkylation sites (N-methyl/N-ethyl adjacent to an activating group) is 1. The van der Waals surface area contributed by atoms with Gasteiger partial charge in [-0.05, 0) is 18.2 Å². The van der Waals surface area contributed by atoms with Gasteiger partial charge in [-0.15, -0.1) is 0 Å². The SMILES string of the molecule is CN1CC(N)Cn2nc3c(c2C1=O)CN(C(=O)Nc1ccc(F)c(Cl)c1)CC3. The summed E-state index contributed by atoms with van der Waals surface area (Å²) in [6.07, 6.45) is 0.541. The van der Waals surface area contributed by atoms with E-state index in [1.807, 2.05) is 0 Å². The monoisotopic (exact) mass is 406 g/mol. The van der Waals surface area contributed by atoms with Crippen molar-refractivity contribution in [2.24, 2.45) is 5.73 Å². The third-order valence-corrected chi connectivity index (χ3v) is 5.31. The zero-order chi connectivity index (χ0) is 20.0. The minimum atomic E-state index is -0.550. The van der Waals surface area contributed by atoms with Gasteiger partial charge in [0.15, 0.2) is 0 Å². The molecule has 10 heteroatoms. The largest absolute Gasteiger partial charge is 0.339 e. The summed E-state index contributed by atoms with van der Waals surface area (Å²) in [5.41, 5.74) is 8.55. The number of carbonyl (C=O) groups excluding carboxylic acids is 2. The highest BCUT2D eigenvalue weighted by Crippen LogP contribution is 2.26. The molecular formula is C18H20ClFN6O2. The number of rotatable bonds is 1. The lowest BCUT2D eigenvalue weighted by Gasteiger charge is -2.27. The second-order valence-corrected chi connectivity index (χ2v) is 7.54. The highest BCUT2D eigenvalue weighted by Gasteiger charge is 2.34. The van der Waals surface area contributed by atoms with E-state index in [4.69, 9.17) is 17.3 Å². The first kappa shape index (κ1) is 18.7. The van der Waals surface area contributed by atoms with Crippen molar-refractivity contribution in [3.05, 3.63) is 46.0 Å². The molecule has 3 N–H and O–H groups in total. The number of hydrogen-bond acceptors (Lipinski definition) is 4. The van der Waals surface area contributed by atoms with Crippen LogP contribution in [-0.2, 0) is 19.5 Å². The maximum absolute atomic E-state index is 13.3. The molecule has 0 saturated heterocycles. The van der Waals surface area contributed by atoms with Gasteiger partial charge in [-0.25, -0.2) is 9.18 Å². The Morgan fingerprint density at radius 1 is 1.39 bits per heavy atom. The summed E-state index contributed by atoms with van der Waals surface area (Å²) < 4.78 is 15.0. The predicted molar refractivity (Wildman–Crippen MR) is 102 cm³/mol. The minimum Gasteiger partial charge on any atom is -0.339 e. The second-order valence-electron chi connectivity index (χ2n) is 7.13. The highest BCUT2D eigenvalue weighted by atomic mass is 35.5. The summed E-state index contributed by atoms with van der Waals surface area (Å²) in [5.74, 6) is -0.694. The number of carbonyl (C=O) groups is 2. The van der Waals surface area contributed by atoms with Crippen molar-refractivity contribution in [3.8, 4) is 0 Å². The molecule has 4 rings (SSSR count). The van der Waals surface area contributed by atoms with Gasteiger partial charge in [0.2, 0.25) is 0 Å². The molecule has 0 saturated carbocycles. The highest BCUT2D eigenvalue weighted by molar-refractivity contribution is 6.31. The molecule has 0 spiro atoms. The number of halogens is 2. The van der Waals surface area contributed by atoms with Crippen LogP contribution in [0.25, 0.3) is 0 Å². The normalized spacial score (nSPS) is 19.1. The number of fused-ring (bicyclic) bond motifs is 3. The topological polar surface area (TPSA) is 96.5 Å². The van der Waals surface area contributed by atoms with Crippen molar-refractivity contribution in [2.45, 2.75) is 25.6 Å². The molecule has 148 valence electrons. The van der Waals surface area contributed by atoms with Gasteiger partial charge < -0.3 is 20.9 Å². The molecule has 0 bridgehead atoms. The van der Waals surface area contributed by atoms with Crippen molar-refractivity contribution >= 4 is 29.2 Å². The first-order valence-electron chi connectivity index (χ1n) is 8.94. The van der Waals surface area contributed by atoms with E-state index in [1.165, 1.54) is 18.2 Å². The van der Waals surface area contributed by atoms with Gasteiger partial charge in [-0.2, -0.15) is 5.10 Å².